The second-order valence-electron chi connectivity index (χ2n) is 8.18. The number of carbonyl (C=O) groups excluding carboxylic acids is 1. The molecule has 2 unspecified atom stereocenters. The van der Waals surface area contributed by atoms with Crippen LogP contribution in [0.25, 0.3) is 0 Å². The third-order valence-corrected chi connectivity index (χ3v) is 6.72. The van der Waals surface area contributed by atoms with Crippen LogP contribution in [0.5, 0.6) is 5.75 Å². The number of nitrogens with one attached hydrogen (secondary N) is 1. The number of aromatic nitrogens is 1. The minimum Gasteiger partial charge on any atom is -0.463 e. The van der Waals surface area contributed by atoms with Crippen LogP contribution in [0.2, 0.25) is 13.1 Å². The third kappa shape index (κ3) is 6.26. The Bertz CT molecular complexity index is 808. The van der Waals surface area contributed by atoms with Crippen molar-refractivity contribution < 1.29 is 14.0 Å². The number of hydrogen-bond acceptors (Lipinski definition) is 5. The zero-order chi connectivity index (χ0) is 21.1. The Labute approximate surface area is 187 Å². The van der Waals surface area contributed by atoms with E-state index in [1.54, 1.807) is 12.3 Å². The summed E-state index contributed by atoms with van der Waals surface area (Å²) in [5.74, 6) is -0.243. The van der Waals surface area contributed by atoms with E-state index in [0.29, 0.717) is 16.4 Å². The highest BCUT2D eigenvalue weighted by atomic mass is 127. The standard InChI is InChI=1S/C20H28IN2O3SSi/c1-13(19(2,3)4)20(5,26-28(6)7)25-16-11-14(10-15(21)12-16)17(24)23-18-22-8-9-27-18/h8-13H,1-7H3,(H,22,23,24). The van der Waals surface area contributed by atoms with Gasteiger partial charge < -0.3 is 9.16 Å². The third-order valence-electron chi connectivity index (χ3n) is 4.60. The maximum Gasteiger partial charge on any atom is 0.257 e. The summed E-state index contributed by atoms with van der Waals surface area (Å²) in [6, 6.07) is 5.52. The molecule has 2 aromatic rings. The summed E-state index contributed by atoms with van der Waals surface area (Å²) in [4.78, 5) is 16.7. The number of thiazole rings is 1. The van der Waals surface area contributed by atoms with E-state index in [1.165, 1.54) is 11.3 Å². The second kappa shape index (κ2) is 9.23. The van der Waals surface area contributed by atoms with Crippen LogP contribution in [0.1, 0.15) is 45.0 Å². The van der Waals surface area contributed by atoms with Gasteiger partial charge in [0.2, 0.25) is 14.8 Å². The predicted octanol–water partition coefficient (Wildman–Crippen LogP) is 6.04. The number of nitrogens with zero attached hydrogens (tertiary/aromatic N) is 1. The molecule has 0 bridgehead atoms. The molecule has 1 aromatic carbocycles. The van der Waals surface area contributed by atoms with Gasteiger partial charge in [-0.1, -0.05) is 27.7 Å². The van der Waals surface area contributed by atoms with Crippen LogP contribution >= 0.6 is 33.9 Å². The van der Waals surface area contributed by atoms with Crippen LogP contribution in [-0.2, 0) is 4.43 Å². The van der Waals surface area contributed by atoms with Crippen LogP contribution in [0.4, 0.5) is 5.13 Å². The first-order valence-corrected chi connectivity index (χ1v) is 13.5. The van der Waals surface area contributed by atoms with Crippen molar-refractivity contribution in [2.24, 2.45) is 11.3 Å². The molecule has 0 aliphatic carbocycles. The van der Waals surface area contributed by atoms with Crippen molar-refractivity contribution in [2.75, 3.05) is 5.32 Å². The predicted molar refractivity (Wildman–Crippen MR) is 125 cm³/mol. The van der Waals surface area contributed by atoms with E-state index in [1.807, 2.05) is 24.4 Å². The minimum atomic E-state index is -0.997. The topological polar surface area (TPSA) is 60.5 Å². The molecule has 0 spiro atoms. The first kappa shape index (κ1) is 23.3. The summed E-state index contributed by atoms with van der Waals surface area (Å²) in [5.41, 5.74) is 0.528. The lowest BCUT2D eigenvalue weighted by Crippen LogP contribution is -2.49. The zero-order valence-electron chi connectivity index (χ0n) is 17.4. The van der Waals surface area contributed by atoms with Crippen molar-refractivity contribution in [1.82, 2.24) is 4.98 Å². The van der Waals surface area contributed by atoms with E-state index in [2.05, 4.69) is 73.7 Å². The monoisotopic (exact) mass is 531 g/mol. The number of ether oxygens (including phenoxy) is 1. The maximum atomic E-state index is 12.6. The number of amides is 1. The Balaban J connectivity index is 2.32. The van der Waals surface area contributed by atoms with Crippen LogP contribution in [0.15, 0.2) is 29.8 Å². The van der Waals surface area contributed by atoms with Gasteiger partial charge in [0.1, 0.15) is 5.75 Å². The van der Waals surface area contributed by atoms with Crippen molar-refractivity contribution in [3.8, 4) is 5.75 Å². The molecule has 8 heteroatoms. The molecular weight excluding hydrogens is 503 g/mol. The van der Waals surface area contributed by atoms with Crippen molar-refractivity contribution in [3.05, 3.63) is 38.9 Å². The number of anilines is 1. The highest BCUT2D eigenvalue weighted by molar-refractivity contribution is 14.1. The first-order chi connectivity index (χ1) is 12.9. The summed E-state index contributed by atoms with van der Waals surface area (Å²) in [6.07, 6.45) is 1.66. The molecule has 0 aliphatic rings. The Hall–Kier alpha value is -0.973. The summed E-state index contributed by atoms with van der Waals surface area (Å²) >= 11 is 3.58. The van der Waals surface area contributed by atoms with Crippen LogP contribution in [0, 0.1) is 14.9 Å². The van der Waals surface area contributed by atoms with Crippen molar-refractivity contribution >= 4 is 54.0 Å². The molecule has 153 valence electrons. The largest absolute Gasteiger partial charge is 0.463 e. The molecule has 1 N–H and O–H groups in total. The van der Waals surface area contributed by atoms with Gasteiger partial charge in [-0.25, -0.2) is 4.98 Å². The van der Waals surface area contributed by atoms with Crippen molar-refractivity contribution in [3.63, 3.8) is 0 Å². The van der Waals surface area contributed by atoms with E-state index >= 15 is 0 Å². The van der Waals surface area contributed by atoms with E-state index in [0.717, 1.165) is 3.57 Å². The van der Waals surface area contributed by atoms with Gasteiger partial charge in [0, 0.05) is 33.6 Å². The lowest BCUT2D eigenvalue weighted by atomic mass is 9.77. The van der Waals surface area contributed by atoms with Gasteiger partial charge in [-0.2, -0.15) is 0 Å². The lowest BCUT2D eigenvalue weighted by Gasteiger charge is -2.43. The van der Waals surface area contributed by atoms with Gasteiger partial charge in [-0.15, -0.1) is 11.3 Å². The molecule has 0 saturated carbocycles. The Morgan fingerprint density at radius 1 is 1.25 bits per heavy atom. The number of hydrogen-bond donors (Lipinski definition) is 1. The zero-order valence-corrected chi connectivity index (χ0v) is 21.4. The molecule has 0 aliphatic heterocycles. The Morgan fingerprint density at radius 2 is 1.93 bits per heavy atom. The van der Waals surface area contributed by atoms with Gasteiger partial charge in [-0.3, -0.25) is 10.1 Å². The summed E-state index contributed by atoms with van der Waals surface area (Å²) < 4.78 is 13.7. The van der Waals surface area contributed by atoms with Crippen LogP contribution < -0.4 is 10.1 Å². The molecule has 1 radical (unpaired) electrons. The molecule has 0 saturated heterocycles. The molecule has 2 atom stereocenters. The molecule has 0 fully saturated rings. The van der Waals surface area contributed by atoms with Gasteiger partial charge >= 0.3 is 0 Å². The highest BCUT2D eigenvalue weighted by Gasteiger charge is 2.42. The van der Waals surface area contributed by atoms with Gasteiger partial charge in [-0.05, 0) is 59.3 Å². The van der Waals surface area contributed by atoms with Gasteiger partial charge in [0.05, 0.1) is 0 Å². The van der Waals surface area contributed by atoms with Crippen molar-refractivity contribution in [2.45, 2.75) is 53.5 Å². The number of carbonyl (C=O) groups is 1. The second-order valence-corrected chi connectivity index (χ2v) is 12.3. The average Bonchev–Trinajstić information content (AvgIpc) is 3.04. The highest BCUT2D eigenvalue weighted by Crippen LogP contribution is 2.39. The first-order valence-electron chi connectivity index (χ1n) is 9.10. The number of halogens is 1. The smallest absolute Gasteiger partial charge is 0.257 e. The average molecular weight is 532 g/mol. The fourth-order valence-corrected chi connectivity index (χ4v) is 5.03. The molecule has 1 amide bonds. The molecule has 2 rings (SSSR count). The molecule has 5 nitrogen and oxygen atoms in total. The van der Waals surface area contributed by atoms with E-state index in [4.69, 9.17) is 9.16 Å². The Morgan fingerprint density at radius 3 is 2.46 bits per heavy atom. The molecule has 1 aromatic heterocycles. The Kier molecular flexibility index (Phi) is 7.68. The summed E-state index contributed by atoms with van der Waals surface area (Å²) in [7, 11) is -0.997. The van der Waals surface area contributed by atoms with E-state index < -0.39 is 14.8 Å². The van der Waals surface area contributed by atoms with E-state index in [-0.39, 0.29) is 17.2 Å². The number of benzene rings is 1. The van der Waals surface area contributed by atoms with Gasteiger partial charge in [0.15, 0.2) is 5.13 Å². The minimum absolute atomic E-state index is 0.000945. The van der Waals surface area contributed by atoms with Crippen LogP contribution in [-0.4, -0.2) is 25.7 Å². The lowest BCUT2D eigenvalue weighted by molar-refractivity contribution is -0.165. The van der Waals surface area contributed by atoms with E-state index in [9.17, 15) is 4.79 Å². The quantitative estimate of drug-likeness (QED) is 0.269. The normalized spacial score (nSPS) is 15.2. The molecular formula is C20H28IN2O3SSi. The van der Waals surface area contributed by atoms with Crippen molar-refractivity contribution in [1.29, 1.82) is 0 Å². The van der Waals surface area contributed by atoms with Crippen LogP contribution in [0.3, 0.4) is 0 Å². The molecule has 28 heavy (non-hydrogen) atoms. The number of rotatable bonds is 7. The SMILES string of the molecule is CC(C(C)(C)C)C(C)(Oc1cc(I)cc(C(=O)Nc2nccs2)c1)O[Si](C)C. The summed E-state index contributed by atoms with van der Waals surface area (Å²) in [5, 5.41) is 5.22. The fraction of sp³-hybridized carbons (Fsp3) is 0.500. The maximum absolute atomic E-state index is 12.6. The summed E-state index contributed by atoms with van der Waals surface area (Å²) in [6.45, 7) is 14.9. The van der Waals surface area contributed by atoms with Gasteiger partial charge in [0.25, 0.3) is 5.91 Å². The fourth-order valence-electron chi connectivity index (χ4n) is 2.83. The molecule has 1 heterocycles.